The minimum Gasteiger partial charge on any atom is -0.287 e. The Balaban J connectivity index is 2.02. The fourth-order valence-corrected chi connectivity index (χ4v) is 4.40. The van der Waals surface area contributed by atoms with E-state index in [1.807, 2.05) is 25.1 Å². The van der Waals surface area contributed by atoms with E-state index in [2.05, 4.69) is 57.2 Å². The molecule has 1 atom stereocenters. The van der Waals surface area contributed by atoms with E-state index in [1.165, 1.54) is 27.8 Å². The summed E-state index contributed by atoms with van der Waals surface area (Å²) in [4.78, 5) is 13.7. The number of carbonyl (C=O) groups is 1. The third-order valence-corrected chi connectivity index (χ3v) is 6.20. The van der Waals surface area contributed by atoms with Crippen LogP contribution in [0.2, 0.25) is 0 Å². The first-order valence-electron chi connectivity index (χ1n) is 8.84. The molecule has 0 spiro atoms. The van der Waals surface area contributed by atoms with Gasteiger partial charge in [0.25, 0.3) is 0 Å². The molecule has 0 aliphatic rings. The fourth-order valence-electron chi connectivity index (χ4n) is 2.62. The number of hydrogen-bond acceptors (Lipinski definition) is 3. The SMILES string of the molecule is CCSC(=O)[C@@H](CSc1ccc(C(C)(C)C)cc1)Cc1ccccc1. The Bertz CT molecular complexity index is 657. The Morgan fingerprint density at radius 3 is 2.20 bits per heavy atom. The number of hydrogen-bond donors (Lipinski definition) is 0. The Labute approximate surface area is 161 Å². The summed E-state index contributed by atoms with van der Waals surface area (Å²) in [5, 5.41) is 0.310. The zero-order valence-corrected chi connectivity index (χ0v) is 17.3. The van der Waals surface area contributed by atoms with Crippen molar-refractivity contribution in [3.8, 4) is 0 Å². The summed E-state index contributed by atoms with van der Waals surface area (Å²) in [5.74, 6) is 1.73. The molecule has 0 saturated heterocycles. The van der Waals surface area contributed by atoms with Crippen LogP contribution in [0.25, 0.3) is 0 Å². The maximum Gasteiger partial charge on any atom is 0.193 e. The monoisotopic (exact) mass is 372 g/mol. The molecule has 0 aromatic heterocycles. The van der Waals surface area contributed by atoms with Crippen molar-refractivity contribution in [1.29, 1.82) is 0 Å². The molecule has 0 fully saturated rings. The van der Waals surface area contributed by atoms with Crippen LogP contribution in [0, 0.1) is 5.92 Å². The van der Waals surface area contributed by atoms with E-state index < -0.39 is 0 Å². The highest BCUT2D eigenvalue weighted by molar-refractivity contribution is 8.13. The molecule has 1 nitrogen and oxygen atoms in total. The van der Waals surface area contributed by atoms with Crippen LogP contribution in [-0.4, -0.2) is 16.6 Å². The molecule has 0 N–H and O–H groups in total. The second-order valence-corrected chi connectivity index (χ2v) is 9.59. The number of rotatable bonds is 7. The van der Waals surface area contributed by atoms with Gasteiger partial charge in [-0.1, -0.05) is 81.9 Å². The predicted octanol–water partition coefficient (Wildman–Crippen LogP) is 6.21. The molecule has 0 amide bonds. The zero-order chi connectivity index (χ0) is 18.3. The Hall–Kier alpha value is -1.19. The Morgan fingerprint density at radius 1 is 1.00 bits per heavy atom. The molecule has 0 bridgehead atoms. The lowest BCUT2D eigenvalue weighted by atomic mass is 9.87. The van der Waals surface area contributed by atoms with Crippen molar-refractivity contribution < 1.29 is 4.79 Å². The van der Waals surface area contributed by atoms with Crippen molar-refractivity contribution >= 4 is 28.6 Å². The van der Waals surface area contributed by atoms with E-state index in [4.69, 9.17) is 0 Å². The predicted molar refractivity (Wildman–Crippen MR) is 113 cm³/mol. The second kappa shape index (κ2) is 9.49. The molecular weight excluding hydrogens is 344 g/mol. The number of carbonyl (C=O) groups excluding carboxylic acids is 1. The third-order valence-electron chi connectivity index (χ3n) is 4.12. The van der Waals surface area contributed by atoms with Crippen LogP contribution in [-0.2, 0) is 16.6 Å². The van der Waals surface area contributed by atoms with E-state index >= 15 is 0 Å². The summed E-state index contributed by atoms with van der Waals surface area (Å²) in [5.41, 5.74) is 2.75. The maximum absolute atomic E-state index is 12.5. The summed E-state index contributed by atoms with van der Waals surface area (Å²) >= 11 is 3.23. The smallest absolute Gasteiger partial charge is 0.193 e. The van der Waals surface area contributed by atoms with Crippen LogP contribution < -0.4 is 0 Å². The van der Waals surface area contributed by atoms with Gasteiger partial charge in [-0.05, 0) is 40.8 Å². The molecule has 0 aliphatic heterocycles. The van der Waals surface area contributed by atoms with Crippen LogP contribution in [0.15, 0.2) is 59.5 Å². The summed E-state index contributed by atoms with van der Waals surface area (Å²) in [7, 11) is 0. The fraction of sp³-hybridized carbons (Fsp3) is 0.409. The average molecular weight is 373 g/mol. The van der Waals surface area contributed by atoms with Gasteiger partial charge in [-0.3, -0.25) is 4.79 Å². The van der Waals surface area contributed by atoms with Crippen molar-refractivity contribution in [2.45, 2.75) is 44.4 Å². The summed E-state index contributed by atoms with van der Waals surface area (Å²) in [6, 6.07) is 19.1. The largest absolute Gasteiger partial charge is 0.287 e. The van der Waals surface area contributed by atoms with E-state index in [1.54, 1.807) is 11.8 Å². The van der Waals surface area contributed by atoms with Gasteiger partial charge in [-0.2, -0.15) is 0 Å². The quantitative estimate of drug-likeness (QED) is 0.537. The maximum atomic E-state index is 12.5. The highest BCUT2D eigenvalue weighted by Gasteiger charge is 2.20. The molecule has 0 heterocycles. The standard InChI is InChI=1S/C22H28OS2/c1-5-24-21(23)18(15-17-9-7-6-8-10-17)16-25-20-13-11-19(12-14-20)22(2,3)4/h6-14,18H,5,15-16H2,1-4H3/t18-/m1/s1. The van der Waals surface area contributed by atoms with E-state index in [9.17, 15) is 4.79 Å². The molecule has 0 radical (unpaired) electrons. The Morgan fingerprint density at radius 2 is 1.64 bits per heavy atom. The average Bonchev–Trinajstić information content (AvgIpc) is 2.59. The molecular formula is C22H28OS2. The van der Waals surface area contributed by atoms with E-state index in [0.29, 0.717) is 5.12 Å². The molecule has 134 valence electrons. The molecule has 0 saturated carbocycles. The van der Waals surface area contributed by atoms with Crippen molar-refractivity contribution in [3.05, 3.63) is 65.7 Å². The second-order valence-electron chi connectivity index (χ2n) is 7.22. The van der Waals surface area contributed by atoms with Crippen molar-refractivity contribution in [2.75, 3.05) is 11.5 Å². The molecule has 2 aromatic carbocycles. The van der Waals surface area contributed by atoms with Gasteiger partial charge in [0.15, 0.2) is 5.12 Å². The lowest BCUT2D eigenvalue weighted by molar-refractivity contribution is -0.113. The van der Waals surface area contributed by atoms with Crippen LogP contribution >= 0.6 is 23.5 Å². The van der Waals surface area contributed by atoms with Crippen molar-refractivity contribution in [3.63, 3.8) is 0 Å². The summed E-state index contributed by atoms with van der Waals surface area (Å²) in [6.45, 7) is 8.73. The summed E-state index contributed by atoms with van der Waals surface area (Å²) in [6.07, 6.45) is 0.819. The lowest BCUT2D eigenvalue weighted by Gasteiger charge is -2.19. The summed E-state index contributed by atoms with van der Waals surface area (Å²) < 4.78 is 0. The molecule has 3 heteroatoms. The Kier molecular flexibility index (Phi) is 7.64. The van der Waals surface area contributed by atoms with Gasteiger partial charge in [-0.25, -0.2) is 0 Å². The highest BCUT2D eigenvalue weighted by Crippen LogP contribution is 2.28. The molecule has 0 unspecified atom stereocenters. The van der Waals surface area contributed by atoms with E-state index in [0.717, 1.165) is 17.9 Å². The zero-order valence-electron chi connectivity index (χ0n) is 15.6. The number of thioether (sulfide) groups is 2. The molecule has 2 aromatic rings. The van der Waals surface area contributed by atoms with Gasteiger partial charge in [0.05, 0.1) is 0 Å². The van der Waals surface area contributed by atoms with Crippen LogP contribution in [0.4, 0.5) is 0 Å². The normalized spacial score (nSPS) is 12.8. The molecule has 25 heavy (non-hydrogen) atoms. The van der Waals surface area contributed by atoms with Crippen LogP contribution in [0.1, 0.15) is 38.8 Å². The van der Waals surface area contributed by atoms with Gasteiger partial charge >= 0.3 is 0 Å². The van der Waals surface area contributed by atoms with Gasteiger partial charge in [0.1, 0.15) is 0 Å². The van der Waals surface area contributed by atoms with Gasteiger partial charge in [-0.15, -0.1) is 11.8 Å². The minimum atomic E-state index is 0.0552. The minimum absolute atomic E-state index is 0.0552. The van der Waals surface area contributed by atoms with Gasteiger partial charge < -0.3 is 0 Å². The molecule has 0 aliphatic carbocycles. The van der Waals surface area contributed by atoms with Gasteiger partial charge in [0.2, 0.25) is 0 Å². The van der Waals surface area contributed by atoms with Gasteiger partial charge in [0, 0.05) is 16.6 Å². The highest BCUT2D eigenvalue weighted by atomic mass is 32.2. The van der Waals surface area contributed by atoms with E-state index in [-0.39, 0.29) is 11.3 Å². The third kappa shape index (κ3) is 6.56. The first-order valence-corrected chi connectivity index (χ1v) is 10.8. The van der Waals surface area contributed by atoms with Crippen LogP contribution in [0.5, 0.6) is 0 Å². The topological polar surface area (TPSA) is 17.1 Å². The molecule has 2 rings (SSSR count). The van der Waals surface area contributed by atoms with Crippen molar-refractivity contribution in [2.24, 2.45) is 5.92 Å². The number of benzene rings is 2. The first-order chi connectivity index (χ1) is 11.9. The first kappa shape index (κ1) is 20.1. The van der Waals surface area contributed by atoms with Crippen molar-refractivity contribution in [1.82, 2.24) is 0 Å². The van der Waals surface area contributed by atoms with Crippen LogP contribution in [0.3, 0.4) is 0 Å². The lowest BCUT2D eigenvalue weighted by Crippen LogP contribution is -2.17.